The highest BCUT2D eigenvalue weighted by Gasteiger charge is 2.46. The summed E-state index contributed by atoms with van der Waals surface area (Å²) in [7, 11) is 3.51. The van der Waals surface area contributed by atoms with Gasteiger partial charge in [-0.2, -0.15) is 5.10 Å². The lowest BCUT2D eigenvalue weighted by Crippen LogP contribution is -2.59. The molecule has 1 aliphatic rings. The Labute approximate surface area is 141 Å². The molecule has 0 bridgehead atoms. The second-order valence-electron chi connectivity index (χ2n) is 8.42. The minimum Gasteiger partial charge on any atom is -0.392 e. The molecule has 0 aromatic carbocycles. The number of nitrogens with zero attached hydrogens (tertiary/aromatic N) is 5. The standard InChI is InChI=1S/C17H27N5O2/c1-10-11-12(21(7)19-10)13(23)20(6)15(18-11)22-8-16(2,3)14(24)17(4,5)9-22/h14,24H,8-9H2,1-7H3. The number of fused-ring (bicyclic) bond motifs is 1. The number of hydrogen-bond donors (Lipinski definition) is 1. The Kier molecular flexibility index (Phi) is 3.57. The first-order valence-electron chi connectivity index (χ1n) is 8.29. The van der Waals surface area contributed by atoms with Crippen molar-refractivity contribution >= 4 is 17.0 Å². The Balaban J connectivity index is 2.18. The minimum atomic E-state index is -0.415. The van der Waals surface area contributed by atoms with E-state index in [1.807, 2.05) is 6.92 Å². The molecule has 2 aromatic heterocycles. The fourth-order valence-electron chi connectivity index (χ4n) is 4.14. The molecule has 3 rings (SSSR count). The molecule has 2 aromatic rings. The van der Waals surface area contributed by atoms with Crippen LogP contribution in [0.4, 0.5) is 5.95 Å². The van der Waals surface area contributed by atoms with E-state index in [-0.39, 0.29) is 16.4 Å². The van der Waals surface area contributed by atoms with Crippen LogP contribution in [0.3, 0.4) is 0 Å². The Bertz CT molecular complexity index is 844. The Morgan fingerprint density at radius 2 is 1.67 bits per heavy atom. The second-order valence-corrected chi connectivity index (χ2v) is 8.42. The molecule has 24 heavy (non-hydrogen) atoms. The molecule has 0 spiro atoms. The molecule has 1 fully saturated rings. The van der Waals surface area contributed by atoms with Crippen LogP contribution in [0.5, 0.6) is 0 Å². The molecule has 0 atom stereocenters. The molecule has 7 nitrogen and oxygen atoms in total. The van der Waals surface area contributed by atoms with E-state index in [4.69, 9.17) is 4.98 Å². The van der Waals surface area contributed by atoms with E-state index < -0.39 is 6.10 Å². The van der Waals surface area contributed by atoms with Crippen molar-refractivity contribution in [2.24, 2.45) is 24.9 Å². The van der Waals surface area contributed by atoms with Gasteiger partial charge in [0.15, 0.2) is 5.52 Å². The van der Waals surface area contributed by atoms with Crippen molar-refractivity contribution < 1.29 is 5.11 Å². The summed E-state index contributed by atoms with van der Waals surface area (Å²) in [4.78, 5) is 19.7. The lowest BCUT2D eigenvalue weighted by Gasteiger charge is -2.51. The molecular formula is C17H27N5O2. The number of rotatable bonds is 1. The van der Waals surface area contributed by atoms with Crippen molar-refractivity contribution in [3.05, 3.63) is 16.0 Å². The van der Waals surface area contributed by atoms with E-state index in [0.717, 1.165) is 5.69 Å². The van der Waals surface area contributed by atoms with Crippen LogP contribution in [0.15, 0.2) is 4.79 Å². The summed E-state index contributed by atoms with van der Waals surface area (Å²) in [5.41, 5.74) is 1.24. The fraction of sp³-hybridized carbons (Fsp3) is 0.706. The number of aryl methyl sites for hydroxylation is 2. The van der Waals surface area contributed by atoms with Gasteiger partial charge in [-0.15, -0.1) is 0 Å². The predicted octanol–water partition coefficient (Wildman–Crippen LogP) is 1.21. The van der Waals surface area contributed by atoms with Gasteiger partial charge >= 0.3 is 0 Å². The molecule has 7 heteroatoms. The van der Waals surface area contributed by atoms with E-state index in [1.165, 1.54) is 0 Å². The zero-order valence-electron chi connectivity index (χ0n) is 15.6. The monoisotopic (exact) mass is 333 g/mol. The van der Waals surface area contributed by atoms with Gasteiger partial charge in [0, 0.05) is 38.0 Å². The number of hydrogen-bond acceptors (Lipinski definition) is 5. The number of aliphatic hydroxyl groups excluding tert-OH is 1. The molecule has 1 saturated heterocycles. The zero-order valence-corrected chi connectivity index (χ0v) is 15.6. The van der Waals surface area contributed by atoms with Crippen LogP contribution in [0.2, 0.25) is 0 Å². The van der Waals surface area contributed by atoms with Crippen LogP contribution in [0.1, 0.15) is 33.4 Å². The molecule has 0 amide bonds. The number of aliphatic hydroxyl groups is 1. The summed E-state index contributed by atoms with van der Waals surface area (Å²) in [6.07, 6.45) is -0.415. The number of anilines is 1. The van der Waals surface area contributed by atoms with Crippen LogP contribution in [0, 0.1) is 17.8 Å². The van der Waals surface area contributed by atoms with Gasteiger partial charge in [0.25, 0.3) is 5.56 Å². The van der Waals surface area contributed by atoms with Crippen LogP contribution in [-0.4, -0.2) is 43.6 Å². The lowest BCUT2D eigenvalue weighted by molar-refractivity contribution is -0.0537. The maximum absolute atomic E-state index is 12.8. The van der Waals surface area contributed by atoms with E-state index in [2.05, 4.69) is 37.7 Å². The summed E-state index contributed by atoms with van der Waals surface area (Å²) in [6, 6.07) is 0. The highest BCUT2D eigenvalue weighted by Crippen LogP contribution is 2.41. The van der Waals surface area contributed by atoms with Gasteiger partial charge in [-0.05, 0) is 6.92 Å². The van der Waals surface area contributed by atoms with E-state index in [0.29, 0.717) is 30.1 Å². The first-order valence-corrected chi connectivity index (χ1v) is 8.29. The van der Waals surface area contributed by atoms with Gasteiger partial charge in [0.2, 0.25) is 5.95 Å². The Morgan fingerprint density at radius 1 is 1.12 bits per heavy atom. The summed E-state index contributed by atoms with van der Waals surface area (Å²) < 4.78 is 3.19. The van der Waals surface area contributed by atoms with Gasteiger partial charge < -0.3 is 10.0 Å². The van der Waals surface area contributed by atoms with Gasteiger partial charge in [-0.1, -0.05) is 27.7 Å². The van der Waals surface area contributed by atoms with Crippen molar-refractivity contribution in [1.29, 1.82) is 0 Å². The Morgan fingerprint density at radius 3 is 2.21 bits per heavy atom. The predicted molar refractivity (Wildman–Crippen MR) is 94.3 cm³/mol. The third-order valence-electron chi connectivity index (χ3n) is 5.17. The topological polar surface area (TPSA) is 76.2 Å². The van der Waals surface area contributed by atoms with Gasteiger partial charge in [-0.25, -0.2) is 4.98 Å². The zero-order chi connectivity index (χ0) is 18.0. The van der Waals surface area contributed by atoms with Gasteiger partial charge in [0.05, 0.1) is 11.8 Å². The van der Waals surface area contributed by atoms with Crippen LogP contribution in [-0.2, 0) is 14.1 Å². The minimum absolute atomic E-state index is 0.0974. The number of piperidine rings is 1. The maximum Gasteiger partial charge on any atom is 0.280 e. The van der Waals surface area contributed by atoms with Gasteiger partial charge in [-0.3, -0.25) is 14.0 Å². The third kappa shape index (κ3) is 2.33. The summed E-state index contributed by atoms with van der Waals surface area (Å²) in [5.74, 6) is 0.636. The average Bonchev–Trinajstić information content (AvgIpc) is 2.74. The highest BCUT2D eigenvalue weighted by molar-refractivity contribution is 5.77. The molecule has 132 valence electrons. The normalized spacial score (nSPS) is 20.8. The van der Waals surface area contributed by atoms with Crippen molar-refractivity contribution in [3.8, 4) is 0 Å². The molecular weight excluding hydrogens is 306 g/mol. The van der Waals surface area contributed by atoms with Crippen molar-refractivity contribution in [2.45, 2.75) is 40.7 Å². The third-order valence-corrected chi connectivity index (χ3v) is 5.17. The molecule has 0 aliphatic carbocycles. The van der Waals surface area contributed by atoms with Crippen molar-refractivity contribution in [1.82, 2.24) is 19.3 Å². The first-order chi connectivity index (χ1) is 11.0. The summed E-state index contributed by atoms with van der Waals surface area (Å²) in [6.45, 7) is 11.4. The van der Waals surface area contributed by atoms with E-state index in [9.17, 15) is 9.90 Å². The average molecular weight is 333 g/mol. The quantitative estimate of drug-likeness (QED) is 0.849. The number of aromatic nitrogens is 4. The maximum atomic E-state index is 12.8. The van der Waals surface area contributed by atoms with E-state index >= 15 is 0 Å². The second kappa shape index (κ2) is 5.05. The van der Waals surface area contributed by atoms with Crippen LogP contribution in [0.25, 0.3) is 11.0 Å². The molecule has 0 radical (unpaired) electrons. The Hall–Kier alpha value is -1.89. The van der Waals surface area contributed by atoms with Crippen molar-refractivity contribution in [2.75, 3.05) is 18.0 Å². The van der Waals surface area contributed by atoms with E-state index in [1.54, 1.807) is 23.3 Å². The van der Waals surface area contributed by atoms with Gasteiger partial charge in [0.1, 0.15) is 5.52 Å². The largest absolute Gasteiger partial charge is 0.392 e. The van der Waals surface area contributed by atoms with Crippen molar-refractivity contribution in [3.63, 3.8) is 0 Å². The highest BCUT2D eigenvalue weighted by atomic mass is 16.3. The lowest BCUT2D eigenvalue weighted by atomic mass is 9.68. The molecule has 0 saturated carbocycles. The molecule has 1 N–H and O–H groups in total. The van der Waals surface area contributed by atoms with Crippen LogP contribution >= 0.6 is 0 Å². The molecule has 1 aliphatic heterocycles. The summed E-state index contributed by atoms with van der Waals surface area (Å²) >= 11 is 0. The fourth-order valence-corrected chi connectivity index (χ4v) is 4.14. The first kappa shape index (κ1) is 17.0. The molecule has 3 heterocycles. The summed E-state index contributed by atoms with van der Waals surface area (Å²) in [5, 5.41) is 15.0. The smallest absolute Gasteiger partial charge is 0.280 e. The van der Waals surface area contributed by atoms with Crippen LogP contribution < -0.4 is 10.5 Å². The SMILES string of the molecule is Cc1nn(C)c2c(=O)n(C)c(N3CC(C)(C)C(O)C(C)(C)C3)nc12. The molecule has 0 unspecified atom stereocenters.